The van der Waals surface area contributed by atoms with Gasteiger partial charge >= 0.3 is 0 Å². The number of nitrogens with one attached hydrogen (secondary N) is 2. The van der Waals surface area contributed by atoms with Crippen LogP contribution in [0.1, 0.15) is 33.6 Å². The van der Waals surface area contributed by atoms with Crippen molar-refractivity contribution in [2.45, 2.75) is 45.7 Å². The standard InChI is InChI=1S/C14H28N4.HI/c1-5-9-16-14(15-6-2)17-10-11-18(12(3)4)13-7-8-13;/h5,12-13H,1,6-11H2,2-4H3,(H2,15,16,17);1H. The molecule has 1 aliphatic rings. The molecule has 0 aromatic rings. The molecular weight excluding hydrogens is 351 g/mol. The summed E-state index contributed by atoms with van der Waals surface area (Å²) in [7, 11) is 0. The Morgan fingerprint density at radius 1 is 1.42 bits per heavy atom. The smallest absolute Gasteiger partial charge is 0.191 e. The van der Waals surface area contributed by atoms with Crippen LogP contribution < -0.4 is 10.6 Å². The molecule has 0 bridgehead atoms. The molecule has 2 N–H and O–H groups in total. The Bertz CT molecular complexity index is 273. The molecule has 1 aliphatic carbocycles. The minimum absolute atomic E-state index is 0. The summed E-state index contributed by atoms with van der Waals surface area (Å²) in [6.45, 7) is 13.9. The summed E-state index contributed by atoms with van der Waals surface area (Å²) in [6.07, 6.45) is 4.56. The number of nitrogens with zero attached hydrogens (tertiary/aromatic N) is 2. The monoisotopic (exact) mass is 380 g/mol. The first kappa shape index (κ1) is 18.7. The van der Waals surface area contributed by atoms with Gasteiger partial charge in [0.15, 0.2) is 5.96 Å². The van der Waals surface area contributed by atoms with Crippen molar-refractivity contribution in [2.24, 2.45) is 4.99 Å². The van der Waals surface area contributed by atoms with Crippen LogP contribution >= 0.6 is 24.0 Å². The third kappa shape index (κ3) is 7.77. The Kier molecular flexibility index (Phi) is 10.3. The molecule has 0 aliphatic heterocycles. The first-order valence-electron chi connectivity index (χ1n) is 7.07. The van der Waals surface area contributed by atoms with E-state index >= 15 is 0 Å². The highest BCUT2D eigenvalue weighted by Gasteiger charge is 2.29. The lowest BCUT2D eigenvalue weighted by Gasteiger charge is -2.25. The van der Waals surface area contributed by atoms with Gasteiger partial charge in [-0.3, -0.25) is 9.89 Å². The maximum Gasteiger partial charge on any atom is 0.191 e. The fourth-order valence-electron chi connectivity index (χ4n) is 2.06. The second-order valence-electron chi connectivity index (χ2n) is 4.99. The van der Waals surface area contributed by atoms with Gasteiger partial charge in [-0.2, -0.15) is 0 Å². The SMILES string of the molecule is C=CCNC(=NCCN(C(C)C)C1CC1)NCC.I. The van der Waals surface area contributed by atoms with E-state index in [4.69, 9.17) is 0 Å². The number of hydrogen-bond donors (Lipinski definition) is 2. The first-order valence-corrected chi connectivity index (χ1v) is 7.07. The van der Waals surface area contributed by atoms with Gasteiger partial charge in [-0.05, 0) is 33.6 Å². The number of hydrogen-bond acceptors (Lipinski definition) is 2. The zero-order chi connectivity index (χ0) is 13.4. The van der Waals surface area contributed by atoms with Crippen LogP contribution in [0.5, 0.6) is 0 Å². The van der Waals surface area contributed by atoms with Gasteiger partial charge in [-0.25, -0.2) is 0 Å². The highest BCUT2D eigenvalue weighted by molar-refractivity contribution is 14.0. The van der Waals surface area contributed by atoms with Crippen molar-refractivity contribution in [2.75, 3.05) is 26.2 Å². The quantitative estimate of drug-likeness (QED) is 0.294. The molecule has 0 amide bonds. The van der Waals surface area contributed by atoms with Gasteiger partial charge in [-0.1, -0.05) is 6.08 Å². The zero-order valence-corrected chi connectivity index (χ0v) is 14.8. The number of halogens is 1. The van der Waals surface area contributed by atoms with Gasteiger partial charge in [0.2, 0.25) is 0 Å². The Labute approximate surface area is 135 Å². The Hall–Kier alpha value is -0.300. The van der Waals surface area contributed by atoms with Crippen LogP contribution in [0.3, 0.4) is 0 Å². The van der Waals surface area contributed by atoms with E-state index in [1.807, 2.05) is 6.08 Å². The van der Waals surface area contributed by atoms with Gasteiger partial charge in [0, 0.05) is 31.7 Å². The van der Waals surface area contributed by atoms with E-state index in [-0.39, 0.29) is 24.0 Å². The van der Waals surface area contributed by atoms with E-state index in [0.717, 1.165) is 38.2 Å². The summed E-state index contributed by atoms with van der Waals surface area (Å²) in [5.74, 6) is 0.886. The maximum absolute atomic E-state index is 4.59. The summed E-state index contributed by atoms with van der Waals surface area (Å²) in [5, 5.41) is 6.46. The third-order valence-corrected chi connectivity index (χ3v) is 3.07. The van der Waals surface area contributed by atoms with Crippen molar-refractivity contribution in [3.63, 3.8) is 0 Å². The van der Waals surface area contributed by atoms with Gasteiger partial charge in [-0.15, -0.1) is 30.6 Å². The van der Waals surface area contributed by atoms with Crippen LogP contribution in [0, 0.1) is 0 Å². The normalized spacial score (nSPS) is 15.3. The molecule has 1 rings (SSSR count). The molecule has 0 saturated heterocycles. The van der Waals surface area contributed by atoms with Gasteiger partial charge in [0.05, 0.1) is 6.54 Å². The maximum atomic E-state index is 4.59. The van der Waals surface area contributed by atoms with E-state index in [2.05, 4.69) is 47.9 Å². The lowest BCUT2D eigenvalue weighted by Crippen LogP contribution is -2.39. The van der Waals surface area contributed by atoms with E-state index in [1.165, 1.54) is 12.8 Å². The van der Waals surface area contributed by atoms with Crippen molar-refractivity contribution in [1.82, 2.24) is 15.5 Å². The predicted molar refractivity (Wildman–Crippen MR) is 94.5 cm³/mol. The lowest BCUT2D eigenvalue weighted by atomic mass is 10.3. The first-order chi connectivity index (χ1) is 8.69. The van der Waals surface area contributed by atoms with E-state index in [1.54, 1.807) is 0 Å². The number of aliphatic imine (C=N–C) groups is 1. The fraction of sp³-hybridized carbons (Fsp3) is 0.786. The van der Waals surface area contributed by atoms with E-state index in [0.29, 0.717) is 6.04 Å². The van der Waals surface area contributed by atoms with Crippen molar-refractivity contribution < 1.29 is 0 Å². The molecule has 19 heavy (non-hydrogen) atoms. The average Bonchev–Trinajstić information content (AvgIpc) is 3.15. The number of rotatable bonds is 8. The minimum Gasteiger partial charge on any atom is -0.357 e. The van der Waals surface area contributed by atoms with E-state index in [9.17, 15) is 0 Å². The zero-order valence-electron chi connectivity index (χ0n) is 12.5. The molecule has 0 unspecified atom stereocenters. The molecule has 0 atom stereocenters. The van der Waals surface area contributed by atoms with Crippen molar-refractivity contribution >= 4 is 29.9 Å². The van der Waals surface area contributed by atoms with Crippen molar-refractivity contribution in [3.05, 3.63) is 12.7 Å². The molecule has 0 radical (unpaired) electrons. The molecule has 1 saturated carbocycles. The van der Waals surface area contributed by atoms with Crippen LogP contribution in [0.15, 0.2) is 17.6 Å². The van der Waals surface area contributed by atoms with Crippen molar-refractivity contribution in [3.8, 4) is 0 Å². The molecule has 0 aromatic carbocycles. The highest BCUT2D eigenvalue weighted by Crippen LogP contribution is 2.28. The lowest BCUT2D eigenvalue weighted by molar-refractivity contribution is 0.218. The second kappa shape index (κ2) is 10.5. The third-order valence-electron chi connectivity index (χ3n) is 3.07. The van der Waals surface area contributed by atoms with E-state index < -0.39 is 0 Å². The summed E-state index contributed by atoms with van der Waals surface area (Å²) in [6, 6.07) is 1.43. The van der Waals surface area contributed by atoms with Crippen LogP contribution in [0.4, 0.5) is 0 Å². The van der Waals surface area contributed by atoms with Crippen LogP contribution in [0.25, 0.3) is 0 Å². The Morgan fingerprint density at radius 2 is 2.11 bits per heavy atom. The summed E-state index contributed by atoms with van der Waals surface area (Å²) >= 11 is 0. The van der Waals surface area contributed by atoms with Gasteiger partial charge in [0.25, 0.3) is 0 Å². The molecule has 4 nitrogen and oxygen atoms in total. The van der Waals surface area contributed by atoms with Crippen molar-refractivity contribution in [1.29, 1.82) is 0 Å². The molecule has 5 heteroatoms. The Morgan fingerprint density at radius 3 is 2.58 bits per heavy atom. The molecular formula is C14H29IN4. The molecule has 0 aromatic heterocycles. The molecule has 0 spiro atoms. The predicted octanol–water partition coefficient (Wildman–Crippen LogP) is 2.22. The summed E-state index contributed by atoms with van der Waals surface area (Å²) < 4.78 is 0. The molecule has 112 valence electrons. The Balaban J connectivity index is 0.00000324. The number of guanidine groups is 1. The highest BCUT2D eigenvalue weighted by atomic mass is 127. The van der Waals surface area contributed by atoms with Gasteiger partial charge < -0.3 is 10.6 Å². The topological polar surface area (TPSA) is 39.7 Å². The van der Waals surface area contributed by atoms with Crippen LogP contribution in [-0.4, -0.2) is 49.1 Å². The fourth-order valence-corrected chi connectivity index (χ4v) is 2.06. The average molecular weight is 380 g/mol. The molecule has 1 fully saturated rings. The second-order valence-corrected chi connectivity index (χ2v) is 4.99. The minimum atomic E-state index is 0. The van der Waals surface area contributed by atoms with Crippen LogP contribution in [-0.2, 0) is 0 Å². The molecule has 0 heterocycles. The summed E-state index contributed by atoms with van der Waals surface area (Å²) in [4.78, 5) is 7.14. The van der Waals surface area contributed by atoms with Gasteiger partial charge in [0.1, 0.15) is 0 Å². The van der Waals surface area contributed by atoms with Crippen LogP contribution in [0.2, 0.25) is 0 Å². The largest absolute Gasteiger partial charge is 0.357 e. The summed E-state index contributed by atoms with van der Waals surface area (Å²) in [5.41, 5.74) is 0.